The van der Waals surface area contributed by atoms with Gasteiger partial charge in [-0.25, -0.2) is 9.59 Å². The van der Waals surface area contributed by atoms with Gasteiger partial charge in [0, 0.05) is 24.7 Å². The lowest BCUT2D eigenvalue weighted by Crippen LogP contribution is -2.74. The van der Waals surface area contributed by atoms with Crippen molar-refractivity contribution in [3.05, 3.63) is 76.6 Å². The maximum absolute atomic E-state index is 13.5. The van der Waals surface area contributed by atoms with Crippen LogP contribution in [0.5, 0.6) is 11.5 Å². The van der Waals surface area contributed by atoms with Gasteiger partial charge in [0.25, 0.3) is 0 Å². The Bertz CT molecular complexity index is 1400. The molecule has 2 unspecified atom stereocenters. The summed E-state index contributed by atoms with van der Waals surface area (Å²) >= 11 is 0. The average Bonchev–Trinajstić information content (AvgIpc) is 3.21. The lowest BCUT2D eigenvalue weighted by atomic mass is 9.58. The van der Waals surface area contributed by atoms with Gasteiger partial charge in [0.05, 0.1) is 30.4 Å². The first kappa shape index (κ1) is 23.4. The van der Waals surface area contributed by atoms with Crippen LogP contribution in [0.2, 0.25) is 0 Å². The Labute approximate surface area is 213 Å². The highest BCUT2D eigenvalue weighted by atomic mass is 16.6. The van der Waals surface area contributed by atoms with Crippen molar-refractivity contribution in [3.63, 3.8) is 0 Å². The van der Waals surface area contributed by atoms with E-state index in [1.807, 2.05) is 37.3 Å². The van der Waals surface area contributed by atoms with E-state index in [9.17, 15) is 24.9 Å². The Balaban J connectivity index is 1.58. The van der Waals surface area contributed by atoms with E-state index in [1.54, 1.807) is 6.07 Å². The zero-order valence-corrected chi connectivity index (χ0v) is 20.5. The number of carbonyl (C=O) groups is 2. The second-order valence-electron chi connectivity index (χ2n) is 10.0. The van der Waals surface area contributed by atoms with E-state index in [0.29, 0.717) is 31.5 Å². The van der Waals surface area contributed by atoms with Gasteiger partial charge in [-0.1, -0.05) is 35.9 Å². The molecule has 192 valence electrons. The van der Waals surface area contributed by atoms with Gasteiger partial charge < -0.3 is 30.1 Å². The number of aliphatic hydroxyl groups is 1. The standard InChI is InChI=1S/C28H28N2O7/c1-3-15-13-30-11-10-27-18-6-4-5-7-20(18)29-28(27,22(30)12-16(15)17(14-31)25(34)36-2)37-26(35)23-19(27)8-9-21(32)24(23)33/h3-9,14,16,22,29,31-33H,10-13H2,1-2H3/b15-3-,17-14+/t16-,22-,27?,28?/m0/s1. The SMILES string of the molecule is C/C=C1/CN2CCC34c5ccccc5NC3(OC(=O)c3c4ccc(O)c3O)[C@@H]2C[C@@H]1/C(=C\O)C(=O)OC. The Morgan fingerprint density at radius 1 is 1.22 bits per heavy atom. The van der Waals surface area contributed by atoms with Gasteiger partial charge in [-0.2, -0.15) is 0 Å². The first-order valence-electron chi connectivity index (χ1n) is 12.3. The highest BCUT2D eigenvalue weighted by molar-refractivity contribution is 5.99. The highest BCUT2D eigenvalue weighted by Gasteiger charge is 2.72. The molecule has 2 saturated heterocycles. The lowest BCUT2D eigenvalue weighted by molar-refractivity contribution is -0.139. The number of hydrogen-bond acceptors (Lipinski definition) is 9. The minimum Gasteiger partial charge on any atom is -0.515 e. The van der Waals surface area contributed by atoms with Crippen LogP contribution < -0.4 is 5.32 Å². The van der Waals surface area contributed by atoms with Crippen molar-refractivity contribution in [1.82, 2.24) is 4.90 Å². The number of aliphatic hydroxyl groups excluding tert-OH is 1. The summed E-state index contributed by atoms with van der Waals surface area (Å²) in [5, 5.41) is 34.5. The predicted molar refractivity (Wildman–Crippen MR) is 133 cm³/mol. The van der Waals surface area contributed by atoms with E-state index in [2.05, 4.69) is 10.2 Å². The van der Waals surface area contributed by atoms with Crippen LogP contribution in [0, 0.1) is 5.92 Å². The number of anilines is 1. The first-order valence-corrected chi connectivity index (χ1v) is 12.3. The summed E-state index contributed by atoms with van der Waals surface area (Å²) in [6.07, 6.45) is 3.71. The number of hydrogen-bond donors (Lipinski definition) is 4. The molecule has 2 aromatic carbocycles. The fraction of sp³-hybridized carbons (Fsp3) is 0.357. The number of piperidine rings is 2. The van der Waals surface area contributed by atoms with E-state index in [0.717, 1.165) is 23.1 Å². The fourth-order valence-corrected chi connectivity index (χ4v) is 7.13. The van der Waals surface area contributed by atoms with Gasteiger partial charge in [-0.15, -0.1) is 0 Å². The number of methoxy groups -OCH3 is 1. The van der Waals surface area contributed by atoms with Crippen molar-refractivity contribution >= 4 is 17.6 Å². The molecule has 0 radical (unpaired) electrons. The first-order chi connectivity index (χ1) is 17.8. The third-order valence-electron chi connectivity index (χ3n) is 8.70. The molecular formula is C28H28N2O7. The van der Waals surface area contributed by atoms with Crippen molar-refractivity contribution in [2.24, 2.45) is 5.92 Å². The molecule has 9 nitrogen and oxygen atoms in total. The Hall–Kier alpha value is -3.98. The molecule has 4 aliphatic rings. The van der Waals surface area contributed by atoms with Gasteiger partial charge in [-0.05, 0) is 43.0 Å². The molecule has 6 rings (SSSR count). The van der Waals surface area contributed by atoms with Gasteiger partial charge >= 0.3 is 11.9 Å². The van der Waals surface area contributed by atoms with Gasteiger partial charge in [-0.3, -0.25) is 4.90 Å². The molecule has 0 amide bonds. The highest BCUT2D eigenvalue weighted by Crippen LogP contribution is 2.64. The summed E-state index contributed by atoms with van der Waals surface area (Å²) in [5.41, 5.74) is 1.31. The molecule has 0 aromatic heterocycles. The number of nitrogens with one attached hydrogen (secondary N) is 1. The topological polar surface area (TPSA) is 129 Å². The van der Waals surface area contributed by atoms with Crippen LogP contribution in [0.1, 0.15) is 41.3 Å². The number of para-hydroxylation sites is 1. The number of phenols is 2. The average molecular weight is 505 g/mol. The summed E-state index contributed by atoms with van der Waals surface area (Å²) in [5.74, 6) is -2.68. The molecule has 0 aliphatic carbocycles. The number of benzene rings is 2. The molecule has 2 fully saturated rings. The van der Waals surface area contributed by atoms with Crippen LogP contribution in [0.25, 0.3) is 0 Å². The lowest BCUT2D eigenvalue weighted by Gasteiger charge is -2.60. The molecule has 37 heavy (non-hydrogen) atoms. The van der Waals surface area contributed by atoms with Crippen LogP contribution in [0.15, 0.2) is 59.9 Å². The molecule has 0 bridgehead atoms. The van der Waals surface area contributed by atoms with Crippen molar-refractivity contribution in [1.29, 1.82) is 0 Å². The number of nitrogens with zero attached hydrogens (tertiary/aromatic N) is 1. The number of allylic oxidation sites excluding steroid dienone is 1. The molecule has 2 aromatic rings. The van der Waals surface area contributed by atoms with Crippen LogP contribution in [0.3, 0.4) is 0 Å². The molecule has 4 heterocycles. The monoisotopic (exact) mass is 504 g/mol. The van der Waals surface area contributed by atoms with Crippen LogP contribution in [-0.2, 0) is 19.7 Å². The van der Waals surface area contributed by atoms with Crippen molar-refractivity contribution in [2.45, 2.75) is 36.9 Å². The number of rotatable bonds is 2. The van der Waals surface area contributed by atoms with Crippen LogP contribution in [0.4, 0.5) is 5.69 Å². The number of esters is 2. The van der Waals surface area contributed by atoms with Gasteiger partial charge in [0.2, 0.25) is 5.72 Å². The minimum atomic E-state index is -1.25. The van der Waals surface area contributed by atoms with Crippen molar-refractivity contribution in [2.75, 3.05) is 25.5 Å². The van der Waals surface area contributed by atoms with Crippen LogP contribution >= 0.6 is 0 Å². The maximum Gasteiger partial charge on any atom is 0.344 e. The number of fused-ring (bicyclic) bond motifs is 3. The maximum atomic E-state index is 13.5. The third-order valence-corrected chi connectivity index (χ3v) is 8.70. The molecule has 4 atom stereocenters. The number of phenolic OH excluding ortho intramolecular Hbond substituents is 2. The number of aromatic hydroxyl groups is 2. The second kappa shape index (κ2) is 8.01. The molecule has 9 heteroatoms. The number of carbonyl (C=O) groups excluding carboxylic acids is 2. The largest absolute Gasteiger partial charge is 0.515 e. The van der Waals surface area contributed by atoms with Gasteiger partial charge in [0.15, 0.2) is 11.5 Å². The Morgan fingerprint density at radius 3 is 2.73 bits per heavy atom. The summed E-state index contributed by atoms with van der Waals surface area (Å²) < 4.78 is 11.3. The zero-order valence-electron chi connectivity index (χ0n) is 20.5. The van der Waals surface area contributed by atoms with E-state index < -0.39 is 40.8 Å². The fourth-order valence-electron chi connectivity index (χ4n) is 7.13. The van der Waals surface area contributed by atoms with Gasteiger partial charge in [0.1, 0.15) is 5.56 Å². The number of ether oxygens (including phenoxy) is 2. The molecule has 4 aliphatic heterocycles. The Kier molecular flexibility index (Phi) is 5.07. The normalized spacial score (nSPS) is 31.2. The Morgan fingerprint density at radius 2 is 2.00 bits per heavy atom. The molecule has 0 spiro atoms. The molecule has 0 saturated carbocycles. The van der Waals surface area contributed by atoms with E-state index in [1.165, 1.54) is 13.2 Å². The van der Waals surface area contributed by atoms with E-state index in [-0.39, 0.29) is 16.9 Å². The second-order valence-corrected chi connectivity index (χ2v) is 10.0. The summed E-state index contributed by atoms with van der Waals surface area (Å²) in [4.78, 5) is 28.4. The summed E-state index contributed by atoms with van der Waals surface area (Å²) in [7, 11) is 1.28. The third kappa shape index (κ3) is 2.83. The van der Waals surface area contributed by atoms with Crippen molar-refractivity contribution < 1.29 is 34.4 Å². The molecular weight excluding hydrogens is 476 g/mol. The predicted octanol–water partition coefficient (Wildman–Crippen LogP) is 3.33. The van der Waals surface area contributed by atoms with E-state index >= 15 is 0 Å². The van der Waals surface area contributed by atoms with Crippen molar-refractivity contribution in [3.8, 4) is 11.5 Å². The van der Waals surface area contributed by atoms with Crippen LogP contribution in [-0.4, -0.2) is 64.1 Å². The quantitative estimate of drug-likeness (QED) is 0.160. The molecule has 4 N–H and O–H groups in total. The smallest absolute Gasteiger partial charge is 0.344 e. The zero-order chi connectivity index (χ0) is 26.1. The summed E-state index contributed by atoms with van der Waals surface area (Å²) in [6.45, 7) is 3.07. The summed E-state index contributed by atoms with van der Waals surface area (Å²) in [6, 6.07) is 10.5. The minimum absolute atomic E-state index is 0.0328. The van der Waals surface area contributed by atoms with E-state index in [4.69, 9.17) is 9.47 Å².